The topological polar surface area (TPSA) is 125 Å². The van der Waals surface area contributed by atoms with Crippen molar-refractivity contribution in [3.05, 3.63) is 0 Å². The molecule has 0 heterocycles. The molecule has 1 atom stereocenters. The molecule has 0 amide bonds. The smallest absolute Gasteiger partial charge is 0.790 e. The van der Waals surface area contributed by atoms with Crippen molar-refractivity contribution in [1.29, 1.82) is 0 Å². The molecule has 0 bridgehead atoms. The van der Waals surface area contributed by atoms with Gasteiger partial charge in [-0.3, -0.25) is 9.59 Å². The molecule has 0 saturated heterocycles. The van der Waals surface area contributed by atoms with Crippen LogP contribution in [0.3, 0.4) is 0 Å². The van der Waals surface area contributed by atoms with Gasteiger partial charge in [0.1, 0.15) is 6.10 Å². The third-order valence-corrected chi connectivity index (χ3v) is 7.77. The monoisotopic (exact) mass is 612 g/mol. The summed E-state index contributed by atoms with van der Waals surface area (Å²) < 4.78 is 25.3. The fourth-order valence-electron chi connectivity index (χ4n) is 4.01. The van der Waals surface area contributed by atoms with Crippen LogP contribution in [0.4, 0.5) is 0 Å². The zero-order chi connectivity index (χ0) is 27.5. The van der Waals surface area contributed by atoms with Crippen molar-refractivity contribution < 1.29 is 97.1 Å². The predicted molar refractivity (Wildman–Crippen MR) is 146 cm³/mol. The summed E-state index contributed by atoms with van der Waals surface area (Å²) in [6.45, 7) is 2.75. The van der Waals surface area contributed by atoms with Crippen LogP contribution in [0.15, 0.2) is 0 Å². The van der Waals surface area contributed by atoms with Crippen LogP contribution in [0.25, 0.3) is 0 Å². The summed E-state index contributed by atoms with van der Waals surface area (Å²) in [7, 11) is -5.11. The number of ether oxygens (including phenoxy) is 2. The van der Waals surface area contributed by atoms with Crippen molar-refractivity contribution in [2.45, 2.75) is 135 Å². The average molecular weight is 613 g/mol. The maximum Gasteiger partial charge on any atom is 1.00 e. The molecule has 0 aliphatic carbocycles. The van der Waals surface area contributed by atoms with Gasteiger partial charge in [-0.25, -0.2) is 0 Å². The largest absolute Gasteiger partial charge is 1.00 e. The van der Waals surface area contributed by atoms with Crippen LogP contribution in [-0.2, 0) is 28.2 Å². The molecule has 8 nitrogen and oxygen atoms in total. The Morgan fingerprint density at radius 1 is 0.795 bits per heavy atom. The summed E-state index contributed by atoms with van der Waals surface area (Å²) in [6, 6.07) is 0. The molecular formula is C27H51Na2O8PS. The van der Waals surface area contributed by atoms with E-state index < -0.39 is 20.5 Å². The molecule has 0 fully saturated rings. The van der Waals surface area contributed by atoms with E-state index in [2.05, 4.69) is 16.2 Å². The first-order valence-electron chi connectivity index (χ1n) is 14.4. The molecule has 0 aliphatic rings. The van der Waals surface area contributed by atoms with E-state index in [9.17, 15) is 23.9 Å². The van der Waals surface area contributed by atoms with Gasteiger partial charge in [-0.15, -0.1) is 0 Å². The molecular weight excluding hydrogens is 561 g/mol. The summed E-state index contributed by atoms with van der Waals surface area (Å²) in [5.74, 6) is 0.882. The van der Waals surface area contributed by atoms with Gasteiger partial charge in [0.15, 0.2) is 0 Å². The Hall–Kier alpha value is 1.40. The second-order valence-electron chi connectivity index (χ2n) is 9.66. The van der Waals surface area contributed by atoms with Gasteiger partial charge in [-0.2, -0.15) is 11.8 Å². The number of hydrogen-bond acceptors (Lipinski definition) is 9. The van der Waals surface area contributed by atoms with Crippen LogP contribution < -0.4 is 68.9 Å². The van der Waals surface area contributed by atoms with Gasteiger partial charge >= 0.3 is 65.1 Å². The fourth-order valence-corrected chi connectivity index (χ4v) is 5.36. The zero-order valence-corrected chi connectivity index (χ0v) is 30.8. The first kappa shape index (κ1) is 44.8. The fraction of sp³-hybridized carbons (Fsp3) is 0.926. The van der Waals surface area contributed by atoms with Crippen molar-refractivity contribution in [3.8, 4) is 0 Å². The van der Waals surface area contributed by atoms with Crippen molar-refractivity contribution in [2.75, 3.05) is 24.7 Å². The van der Waals surface area contributed by atoms with E-state index >= 15 is 0 Å². The molecule has 0 aromatic carbocycles. The molecule has 220 valence electrons. The van der Waals surface area contributed by atoms with Gasteiger partial charge < -0.3 is 28.3 Å². The molecule has 0 aromatic rings. The van der Waals surface area contributed by atoms with Crippen LogP contribution >= 0.6 is 19.6 Å². The van der Waals surface area contributed by atoms with Crippen LogP contribution in [0.1, 0.15) is 129 Å². The molecule has 0 aliphatic heterocycles. The van der Waals surface area contributed by atoms with Crippen molar-refractivity contribution >= 4 is 32.0 Å². The minimum atomic E-state index is -5.11. The maximum atomic E-state index is 12.2. The molecule has 12 heteroatoms. The molecule has 0 N–H and O–H groups in total. The van der Waals surface area contributed by atoms with E-state index in [1.807, 2.05) is 0 Å². The normalized spacial score (nSPS) is 11.8. The number of phosphoric acid groups is 1. The Bertz CT molecular complexity index is 584. The molecule has 0 aromatic heterocycles. The van der Waals surface area contributed by atoms with Crippen LogP contribution in [0, 0.1) is 0 Å². The number of hydrogen-bond donors (Lipinski definition) is 0. The van der Waals surface area contributed by atoms with E-state index in [-0.39, 0.29) is 65.1 Å². The first-order chi connectivity index (χ1) is 17.9. The average Bonchev–Trinajstić information content (AvgIpc) is 2.85. The number of phosphoric ester groups is 1. The third kappa shape index (κ3) is 37.4. The summed E-state index contributed by atoms with van der Waals surface area (Å²) >= 11 is 1.57. The summed E-state index contributed by atoms with van der Waals surface area (Å²) in [4.78, 5) is 44.0. The number of thioether (sulfide) groups is 1. The molecule has 0 rings (SSSR count). The maximum absolute atomic E-state index is 12.2. The Morgan fingerprint density at radius 2 is 1.28 bits per heavy atom. The van der Waals surface area contributed by atoms with Crippen molar-refractivity contribution in [2.24, 2.45) is 0 Å². The van der Waals surface area contributed by atoms with Crippen LogP contribution in [-0.4, -0.2) is 43.3 Å². The quantitative estimate of drug-likeness (QED) is 0.0380. The Morgan fingerprint density at radius 3 is 1.79 bits per heavy atom. The summed E-state index contributed by atoms with van der Waals surface area (Å²) in [6.07, 6.45) is 20.2. The first-order valence-corrected chi connectivity index (χ1v) is 17.0. The van der Waals surface area contributed by atoms with Crippen LogP contribution in [0.5, 0.6) is 0 Å². The summed E-state index contributed by atoms with van der Waals surface area (Å²) in [5, 5.41) is 0. The number of esters is 1. The van der Waals surface area contributed by atoms with E-state index in [1.165, 1.54) is 57.8 Å². The number of carbonyl (C=O) groups excluding carboxylic acids is 2. The van der Waals surface area contributed by atoms with E-state index in [4.69, 9.17) is 4.74 Å². The SMILES string of the molecule is CCCCCCCCCCCCCCC(=O)O[C@H](COP(=O)([O-])[O-])CSCCCCCCCCOC=O.[Na+].[Na+]. The number of unbranched alkanes of at least 4 members (excludes halogenated alkanes) is 16. The standard InChI is InChI=1S/C27H53O8PS.2Na/c1-2-3-4-5-6-7-8-9-10-11-14-17-20-27(29)35-26(23-34-36(30,31)32)24-37-22-19-16-13-12-15-18-21-33-25-28;;/h25-26H,2-24H2,1H3,(H2,30,31,32);;/q;2*+1/p-2/t26-;;/m1../s1. The summed E-state index contributed by atoms with van der Waals surface area (Å²) in [5.41, 5.74) is 0. The predicted octanol–water partition coefficient (Wildman–Crippen LogP) is 0.0895. The Balaban J connectivity index is -0.00000648. The Kier molecular flexibility index (Phi) is 39.0. The van der Waals surface area contributed by atoms with Gasteiger partial charge in [0, 0.05) is 12.2 Å². The second kappa shape index (κ2) is 33.9. The van der Waals surface area contributed by atoms with Crippen molar-refractivity contribution in [1.82, 2.24) is 0 Å². The third-order valence-electron chi connectivity index (χ3n) is 6.12. The van der Waals surface area contributed by atoms with E-state index in [0.717, 1.165) is 63.5 Å². The molecule has 0 saturated carbocycles. The van der Waals surface area contributed by atoms with Gasteiger partial charge in [-0.05, 0) is 25.0 Å². The minimum absolute atomic E-state index is 0. The van der Waals surface area contributed by atoms with Gasteiger partial charge in [-0.1, -0.05) is 103 Å². The second-order valence-corrected chi connectivity index (χ2v) is 12.0. The number of rotatable bonds is 29. The van der Waals surface area contributed by atoms with Gasteiger partial charge in [0.25, 0.3) is 6.47 Å². The molecule has 0 radical (unpaired) electrons. The zero-order valence-electron chi connectivity index (χ0n) is 25.0. The molecule has 0 unspecified atom stereocenters. The minimum Gasteiger partial charge on any atom is -0.790 e. The van der Waals surface area contributed by atoms with Gasteiger partial charge in [0.2, 0.25) is 0 Å². The molecule has 39 heavy (non-hydrogen) atoms. The van der Waals surface area contributed by atoms with Crippen molar-refractivity contribution in [3.63, 3.8) is 0 Å². The van der Waals surface area contributed by atoms with Crippen LogP contribution in [0.2, 0.25) is 0 Å². The molecule has 0 spiro atoms. The van der Waals surface area contributed by atoms with Gasteiger partial charge in [0.05, 0.1) is 21.0 Å². The Labute approximate surface area is 286 Å². The van der Waals surface area contributed by atoms with E-state index in [1.54, 1.807) is 11.8 Å². The van der Waals surface area contributed by atoms with E-state index in [0.29, 0.717) is 25.3 Å². The number of carbonyl (C=O) groups is 2.